The molecule has 0 aliphatic carbocycles. The number of hydrazine groups is 1. The van der Waals surface area contributed by atoms with Crippen LogP contribution in [0.15, 0.2) is 29.2 Å². The largest absolute Gasteiger partial charge is 0.319 e. The first-order valence-electron chi connectivity index (χ1n) is 4.18. The van der Waals surface area contributed by atoms with Crippen molar-refractivity contribution >= 4 is 15.7 Å². The van der Waals surface area contributed by atoms with Gasteiger partial charge >= 0.3 is 15.7 Å². The number of benzene rings is 1. The second kappa shape index (κ2) is 2.78. The van der Waals surface area contributed by atoms with Crippen LogP contribution in [0.1, 0.15) is 6.92 Å². The Bertz CT molecular complexity index is 495. The van der Waals surface area contributed by atoms with Gasteiger partial charge in [0.2, 0.25) is 0 Å². The minimum atomic E-state index is -3.60. The van der Waals surface area contributed by atoms with E-state index in [9.17, 15) is 13.3 Å². The van der Waals surface area contributed by atoms with Gasteiger partial charge in [0.25, 0.3) is 0 Å². The van der Waals surface area contributed by atoms with Crippen LogP contribution in [-0.2, 0) is 10.0 Å². The Morgan fingerprint density at radius 1 is 1.36 bits per heavy atom. The number of rotatable bonds is 1. The molecule has 5 nitrogen and oxygen atoms in total. The molecule has 0 unspecified atom stereocenters. The first-order valence-corrected chi connectivity index (χ1v) is 5.62. The van der Waals surface area contributed by atoms with Gasteiger partial charge in [-0.25, -0.2) is 0 Å². The van der Waals surface area contributed by atoms with E-state index in [1.54, 1.807) is 19.1 Å². The Kier molecular flexibility index (Phi) is 1.81. The second-order valence-corrected chi connectivity index (χ2v) is 4.70. The molecule has 0 saturated heterocycles. The lowest BCUT2D eigenvalue weighted by molar-refractivity contribution is -0.600. The van der Waals surface area contributed by atoms with Gasteiger partial charge in [0.05, 0.1) is 11.5 Å². The highest BCUT2D eigenvalue weighted by atomic mass is 32.2. The first kappa shape index (κ1) is 9.14. The van der Waals surface area contributed by atoms with Crippen molar-refractivity contribution in [3.05, 3.63) is 29.2 Å². The summed E-state index contributed by atoms with van der Waals surface area (Å²) in [6, 6.07) is 6.17. The van der Waals surface area contributed by atoms with Crippen molar-refractivity contribution in [1.29, 1.82) is 0 Å². The monoisotopic (exact) mass is 213 g/mol. The number of nitrogens with zero attached hydrogens (tertiary/aromatic N) is 2. The maximum Gasteiger partial charge on any atom is 0.319 e. The predicted molar refractivity (Wildman–Crippen MR) is 49.3 cm³/mol. The lowest BCUT2D eigenvalue weighted by Gasteiger charge is -2.01. The van der Waals surface area contributed by atoms with Gasteiger partial charge in [-0.3, -0.25) is 0 Å². The van der Waals surface area contributed by atoms with Gasteiger partial charge in [-0.15, -0.1) is 0 Å². The van der Waals surface area contributed by atoms with E-state index in [-0.39, 0.29) is 17.1 Å². The maximum absolute atomic E-state index is 11.7. The van der Waals surface area contributed by atoms with E-state index < -0.39 is 10.0 Å². The van der Waals surface area contributed by atoms with Crippen molar-refractivity contribution in [3.8, 4) is 0 Å². The predicted octanol–water partition coefficient (Wildman–Crippen LogP) is 1.04. The summed E-state index contributed by atoms with van der Waals surface area (Å²) in [5, 5.41) is 0. The fraction of sp³-hybridized carbons (Fsp3) is 0.250. The number of hydrogen-bond donors (Lipinski definition) is 0. The van der Waals surface area contributed by atoms with Crippen LogP contribution in [0.25, 0.3) is 0 Å². The number of sulfonamides is 1. The van der Waals surface area contributed by atoms with Crippen LogP contribution in [0.2, 0.25) is 0 Å². The van der Waals surface area contributed by atoms with Crippen molar-refractivity contribution < 1.29 is 13.3 Å². The van der Waals surface area contributed by atoms with Gasteiger partial charge in [0, 0.05) is 6.07 Å². The van der Waals surface area contributed by atoms with E-state index >= 15 is 0 Å². The second-order valence-electron chi connectivity index (χ2n) is 2.88. The highest BCUT2D eigenvalue weighted by molar-refractivity contribution is 7.89. The zero-order valence-corrected chi connectivity index (χ0v) is 8.36. The van der Waals surface area contributed by atoms with Crippen LogP contribution in [-0.4, -0.2) is 24.2 Å². The minimum absolute atomic E-state index is 0.0804. The molecule has 14 heavy (non-hydrogen) atoms. The third-order valence-corrected chi connectivity index (χ3v) is 3.96. The number of hydrogen-bond acceptors (Lipinski definition) is 3. The molecule has 1 heterocycles. The summed E-state index contributed by atoms with van der Waals surface area (Å²) in [6.07, 6.45) is 0. The van der Waals surface area contributed by atoms with Gasteiger partial charge in [-0.05, 0) is 17.4 Å². The first-order chi connectivity index (χ1) is 6.59. The van der Waals surface area contributed by atoms with E-state index in [1.807, 2.05) is 0 Å². The summed E-state index contributed by atoms with van der Waals surface area (Å²) < 4.78 is 24.2. The SMILES string of the molecule is CCN1[N+](=O)c2ccccc2S1(=O)=O. The molecule has 74 valence electrons. The molecule has 1 aliphatic heterocycles. The Morgan fingerprint density at radius 2 is 2.00 bits per heavy atom. The molecule has 0 radical (unpaired) electrons. The smallest absolute Gasteiger partial charge is 0.196 e. The molecule has 0 atom stereocenters. The Labute approximate surface area is 81.6 Å². The fourth-order valence-electron chi connectivity index (χ4n) is 1.46. The highest BCUT2D eigenvalue weighted by Crippen LogP contribution is 2.34. The summed E-state index contributed by atoms with van der Waals surface area (Å²) in [6.45, 7) is 1.76. The molecule has 0 saturated carbocycles. The molecule has 0 aromatic heterocycles. The fourth-order valence-corrected chi connectivity index (χ4v) is 2.97. The number of nitroso groups, excluding NO2 is 1. The molecular weight excluding hydrogens is 204 g/mol. The van der Waals surface area contributed by atoms with Gasteiger partial charge in [-0.1, -0.05) is 12.1 Å². The lowest BCUT2D eigenvalue weighted by atomic mass is 10.3. The zero-order valence-electron chi connectivity index (χ0n) is 7.54. The summed E-state index contributed by atoms with van der Waals surface area (Å²) in [7, 11) is -3.60. The Hall–Kier alpha value is -1.43. The van der Waals surface area contributed by atoms with Crippen molar-refractivity contribution in [1.82, 2.24) is 4.41 Å². The van der Waals surface area contributed by atoms with Crippen LogP contribution in [0, 0.1) is 4.91 Å². The molecule has 2 rings (SSSR count). The van der Waals surface area contributed by atoms with E-state index in [2.05, 4.69) is 0 Å². The van der Waals surface area contributed by atoms with Crippen LogP contribution >= 0.6 is 0 Å². The average molecular weight is 213 g/mol. The van der Waals surface area contributed by atoms with Crippen LogP contribution < -0.4 is 0 Å². The topological polar surface area (TPSA) is 57.5 Å². The quantitative estimate of drug-likeness (QED) is 0.655. The summed E-state index contributed by atoms with van der Waals surface area (Å²) in [5.74, 6) is 0. The van der Waals surface area contributed by atoms with E-state index in [0.717, 1.165) is 4.41 Å². The van der Waals surface area contributed by atoms with Crippen LogP contribution in [0.5, 0.6) is 0 Å². The molecule has 0 N–H and O–H groups in total. The standard InChI is InChI=1S/C8H9N2O3S/c1-2-9-10(11)7-5-3-4-6-8(7)14(9,12)13/h3-6H,2H2,1H3/q+1. The Balaban J connectivity index is 2.74. The third kappa shape index (κ3) is 0.971. The van der Waals surface area contributed by atoms with Crippen molar-refractivity contribution in [2.75, 3.05) is 6.54 Å². The van der Waals surface area contributed by atoms with Crippen molar-refractivity contribution in [2.45, 2.75) is 11.8 Å². The van der Waals surface area contributed by atoms with Crippen molar-refractivity contribution in [2.24, 2.45) is 0 Å². The third-order valence-electron chi connectivity index (χ3n) is 2.10. The molecule has 1 aromatic rings. The number of fused-ring (bicyclic) bond motifs is 1. The molecule has 0 fully saturated rings. The molecule has 6 heteroatoms. The lowest BCUT2D eigenvalue weighted by Crippen LogP contribution is -2.30. The van der Waals surface area contributed by atoms with Gasteiger partial charge in [0.15, 0.2) is 9.76 Å². The Morgan fingerprint density at radius 3 is 2.57 bits per heavy atom. The van der Waals surface area contributed by atoms with E-state index in [1.165, 1.54) is 12.1 Å². The van der Waals surface area contributed by atoms with Gasteiger partial charge in [0.1, 0.15) is 0 Å². The van der Waals surface area contributed by atoms with E-state index in [0.29, 0.717) is 4.87 Å². The van der Waals surface area contributed by atoms with Crippen molar-refractivity contribution in [3.63, 3.8) is 0 Å². The zero-order chi connectivity index (χ0) is 10.3. The molecule has 0 amide bonds. The average Bonchev–Trinajstić information content (AvgIpc) is 2.36. The molecule has 0 spiro atoms. The molecule has 0 bridgehead atoms. The number of para-hydroxylation sites is 1. The summed E-state index contributed by atoms with van der Waals surface area (Å²) in [4.78, 5) is 12.0. The maximum atomic E-state index is 11.7. The van der Waals surface area contributed by atoms with Gasteiger partial charge < -0.3 is 0 Å². The molecular formula is C8H9N2O3S+. The van der Waals surface area contributed by atoms with Crippen LogP contribution in [0.4, 0.5) is 5.69 Å². The summed E-state index contributed by atoms with van der Waals surface area (Å²) >= 11 is 0. The minimum Gasteiger partial charge on any atom is -0.196 e. The van der Waals surface area contributed by atoms with Gasteiger partial charge in [-0.2, -0.15) is 8.42 Å². The normalized spacial score (nSPS) is 18.4. The highest BCUT2D eigenvalue weighted by Gasteiger charge is 2.48. The van der Waals surface area contributed by atoms with E-state index in [4.69, 9.17) is 0 Å². The molecule has 1 aromatic carbocycles. The molecule has 1 aliphatic rings. The van der Waals surface area contributed by atoms with Crippen LogP contribution in [0.3, 0.4) is 0 Å². The summed E-state index contributed by atoms with van der Waals surface area (Å²) in [5.41, 5.74) is 0.189.